The summed E-state index contributed by atoms with van der Waals surface area (Å²) in [5.74, 6) is 2.45. The second-order valence-corrected chi connectivity index (χ2v) is 8.21. The molecule has 4 aromatic rings. The molecule has 0 atom stereocenters. The smallest absolute Gasteiger partial charge is 0.161 e. The molecule has 0 bridgehead atoms. The minimum atomic E-state index is 0.412. The van der Waals surface area contributed by atoms with Gasteiger partial charge in [0.25, 0.3) is 0 Å². The first-order valence-corrected chi connectivity index (χ1v) is 10.9. The molecule has 3 aromatic carbocycles. The molecule has 0 amide bonds. The van der Waals surface area contributed by atoms with Crippen LogP contribution in [0.2, 0.25) is 0 Å². The van der Waals surface area contributed by atoms with Crippen molar-refractivity contribution in [3.8, 4) is 23.3 Å². The van der Waals surface area contributed by atoms with Crippen molar-refractivity contribution in [2.45, 2.75) is 6.61 Å². The molecule has 0 spiro atoms. The lowest BCUT2D eigenvalue weighted by molar-refractivity contribution is 0.284. The number of nitrogens with zero attached hydrogens (tertiary/aromatic N) is 2. The number of rotatable bonds is 7. The second-order valence-electron chi connectivity index (χ2n) is 6.96. The van der Waals surface area contributed by atoms with Gasteiger partial charge in [-0.2, -0.15) is 5.26 Å². The maximum Gasteiger partial charge on any atom is 0.161 e. The molecular weight excluding hydrogens is 517 g/mol. The van der Waals surface area contributed by atoms with Crippen LogP contribution in [0, 0.1) is 14.9 Å². The predicted molar refractivity (Wildman–Crippen MR) is 133 cm³/mol. The highest BCUT2D eigenvalue weighted by Gasteiger charge is 2.11. The molecule has 0 aliphatic carbocycles. The van der Waals surface area contributed by atoms with E-state index in [1.807, 2.05) is 60.7 Å². The van der Waals surface area contributed by atoms with E-state index in [9.17, 15) is 5.26 Å². The number of ether oxygens (including phenoxy) is 3. The van der Waals surface area contributed by atoms with Crippen LogP contribution in [0.15, 0.2) is 60.7 Å². The number of H-pyrrole nitrogens is 1. The molecule has 0 aliphatic heterocycles. The van der Waals surface area contributed by atoms with Gasteiger partial charge in [-0.05, 0) is 76.2 Å². The van der Waals surface area contributed by atoms with Gasteiger partial charge in [-0.25, -0.2) is 4.98 Å². The van der Waals surface area contributed by atoms with Crippen LogP contribution < -0.4 is 14.2 Å². The van der Waals surface area contributed by atoms with E-state index >= 15 is 0 Å². The van der Waals surface area contributed by atoms with Crippen molar-refractivity contribution < 1.29 is 14.2 Å². The Morgan fingerprint density at radius 2 is 1.84 bits per heavy atom. The lowest BCUT2D eigenvalue weighted by Gasteiger charge is -2.11. The van der Waals surface area contributed by atoms with E-state index in [0.717, 1.165) is 27.9 Å². The maximum absolute atomic E-state index is 9.72. The van der Waals surface area contributed by atoms with E-state index in [-0.39, 0.29) is 0 Å². The molecule has 1 heterocycles. The number of nitriles is 1. The first-order chi connectivity index (χ1) is 15.6. The Morgan fingerprint density at radius 3 is 2.56 bits per heavy atom. The third-order valence-corrected chi connectivity index (χ3v) is 5.59. The van der Waals surface area contributed by atoms with Crippen LogP contribution in [-0.4, -0.2) is 24.2 Å². The van der Waals surface area contributed by atoms with Crippen molar-refractivity contribution in [2.24, 2.45) is 0 Å². The molecule has 1 aromatic heterocycles. The molecule has 6 nitrogen and oxygen atoms in total. The Labute approximate surface area is 199 Å². The van der Waals surface area contributed by atoms with Crippen LogP contribution in [0.5, 0.6) is 17.2 Å². The molecular formula is C25H20IN3O3. The molecule has 0 saturated heterocycles. The minimum absolute atomic E-state index is 0.412. The van der Waals surface area contributed by atoms with Crippen LogP contribution in [0.1, 0.15) is 17.0 Å². The fourth-order valence-electron chi connectivity index (χ4n) is 3.20. The van der Waals surface area contributed by atoms with Gasteiger partial charge in [0.15, 0.2) is 11.5 Å². The highest BCUT2D eigenvalue weighted by Crippen LogP contribution is 2.31. The van der Waals surface area contributed by atoms with Gasteiger partial charge in [0.05, 0.1) is 30.8 Å². The Kier molecular flexibility index (Phi) is 6.61. The Morgan fingerprint density at radius 1 is 1.03 bits per heavy atom. The molecule has 7 heteroatoms. The van der Waals surface area contributed by atoms with Gasteiger partial charge in [0.1, 0.15) is 24.3 Å². The van der Waals surface area contributed by atoms with Crippen LogP contribution >= 0.6 is 22.6 Å². The number of fused-ring (bicyclic) bond motifs is 1. The molecule has 0 fully saturated rings. The van der Waals surface area contributed by atoms with Crippen molar-refractivity contribution in [3.05, 3.63) is 81.2 Å². The van der Waals surface area contributed by atoms with E-state index in [2.05, 4.69) is 38.6 Å². The fourth-order valence-corrected chi connectivity index (χ4v) is 3.56. The fraction of sp³-hybridized carbons (Fsp3) is 0.120. The molecule has 32 heavy (non-hydrogen) atoms. The number of halogens is 1. The van der Waals surface area contributed by atoms with E-state index in [1.165, 1.54) is 3.57 Å². The highest BCUT2D eigenvalue weighted by molar-refractivity contribution is 14.1. The van der Waals surface area contributed by atoms with Gasteiger partial charge in [-0.3, -0.25) is 0 Å². The van der Waals surface area contributed by atoms with E-state index in [1.54, 1.807) is 20.3 Å². The molecule has 0 saturated carbocycles. The lowest BCUT2D eigenvalue weighted by atomic mass is 10.1. The van der Waals surface area contributed by atoms with Crippen molar-refractivity contribution in [1.29, 1.82) is 5.26 Å². The van der Waals surface area contributed by atoms with Gasteiger partial charge in [0.2, 0.25) is 0 Å². The monoisotopic (exact) mass is 537 g/mol. The van der Waals surface area contributed by atoms with Crippen molar-refractivity contribution >= 4 is 45.3 Å². The van der Waals surface area contributed by atoms with Crippen LogP contribution in [0.3, 0.4) is 0 Å². The van der Waals surface area contributed by atoms with Crippen LogP contribution in [0.25, 0.3) is 22.7 Å². The van der Waals surface area contributed by atoms with Crippen LogP contribution in [0.4, 0.5) is 0 Å². The zero-order valence-corrected chi connectivity index (χ0v) is 19.7. The van der Waals surface area contributed by atoms with Gasteiger partial charge in [-0.1, -0.05) is 18.2 Å². The minimum Gasteiger partial charge on any atom is -0.497 e. The van der Waals surface area contributed by atoms with E-state index in [0.29, 0.717) is 29.5 Å². The molecule has 0 unspecified atom stereocenters. The lowest BCUT2D eigenvalue weighted by Crippen LogP contribution is -1.98. The summed E-state index contributed by atoms with van der Waals surface area (Å²) in [6.45, 7) is 0.439. The summed E-state index contributed by atoms with van der Waals surface area (Å²) in [7, 11) is 3.21. The third-order valence-electron chi connectivity index (χ3n) is 4.87. The number of hydrogen-bond acceptors (Lipinski definition) is 5. The number of methoxy groups -OCH3 is 2. The zero-order valence-electron chi connectivity index (χ0n) is 17.6. The number of aromatic amines is 1. The van der Waals surface area contributed by atoms with Crippen LogP contribution in [-0.2, 0) is 6.61 Å². The number of hydrogen-bond donors (Lipinski definition) is 1. The molecule has 1 N–H and O–H groups in total. The molecule has 160 valence electrons. The van der Waals surface area contributed by atoms with Gasteiger partial charge in [0, 0.05) is 9.64 Å². The number of imidazole rings is 1. The summed E-state index contributed by atoms with van der Waals surface area (Å²) >= 11 is 2.27. The number of aromatic nitrogens is 2. The molecule has 0 radical (unpaired) electrons. The van der Waals surface area contributed by atoms with E-state index in [4.69, 9.17) is 14.2 Å². The summed E-state index contributed by atoms with van der Waals surface area (Å²) < 4.78 is 17.9. The summed E-state index contributed by atoms with van der Waals surface area (Å²) in [5, 5.41) is 9.72. The average molecular weight is 537 g/mol. The Bertz CT molecular complexity index is 1320. The summed E-state index contributed by atoms with van der Waals surface area (Å²) in [6, 6.07) is 21.5. The van der Waals surface area contributed by atoms with Crippen molar-refractivity contribution in [1.82, 2.24) is 9.97 Å². The maximum atomic E-state index is 9.72. The summed E-state index contributed by atoms with van der Waals surface area (Å²) in [5.41, 5.74) is 3.86. The second kappa shape index (κ2) is 9.75. The van der Waals surface area contributed by atoms with Gasteiger partial charge < -0.3 is 19.2 Å². The van der Waals surface area contributed by atoms with Gasteiger partial charge in [-0.15, -0.1) is 0 Å². The Hall–Kier alpha value is -3.51. The number of nitrogens with one attached hydrogen (secondary N) is 1. The zero-order chi connectivity index (χ0) is 22.5. The third kappa shape index (κ3) is 4.86. The van der Waals surface area contributed by atoms with Crippen molar-refractivity contribution in [3.63, 3.8) is 0 Å². The first kappa shape index (κ1) is 21.7. The Balaban J connectivity index is 1.58. The number of benzene rings is 3. The summed E-state index contributed by atoms with van der Waals surface area (Å²) in [6.07, 6.45) is 1.76. The van der Waals surface area contributed by atoms with Crippen molar-refractivity contribution in [2.75, 3.05) is 14.2 Å². The topological polar surface area (TPSA) is 80.2 Å². The molecule has 0 aliphatic rings. The normalized spacial score (nSPS) is 11.2. The standard InChI is InChI=1S/C25H20IN3O3/c1-30-20-8-9-21-22(13-20)29-25(28-21)18(14-27)11-17-5-10-23(24(12-17)31-2)32-15-16-3-6-19(26)7-4-16/h3-13H,15H2,1-2H3,(H,28,29)/b18-11-. The number of allylic oxidation sites excluding steroid dienone is 1. The quantitative estimate of drug-likeness (QED) is 0.237. The van der Waals surface area contributed by atoms with Gasteiger partial charge >= 0.3 is 0 Å². The first-order valence-electron chi connectivity index (χ1n) is 9.81. The molecule has 4 rings (SSSR count). The largest absolute Gasteiger partial charge is 0.497 e. The van der Waals surface area contributed by atoms with E-state index < -0.39 is 0 Å². The average Bonchev–Trinajstić information content (AvgIpc) is 3.25. The predicted octanol–water partition coefficient (Wildman–Crippen LogP) is 5.83. The summed E-state index contributed by atoms with van der Waals surface area (Å²) in [4.78, 5) is 7.71. The highest BCUT2D eigenvalue weighted by atomic mass is 127. The SMILES string of the molecule is COc1ccc2nc(/C(C#N)=C\c3ccc(OCc4ccc(I)cc4)c(OC)c3)[nH]c2c1.